The molecule has 0 spiro atoms. The molecule has 0 fully saturated rings. The average Bonchev–Trinajstić information content (AvgIpc) is 3.15. The summed E-state index contributed by atoms with van der Waals surface area (Å²) >= 11 is 0. The minimum atomic E-state index is -0.124. The van der Waals surface area contributed by atoms with E-state index < -0.39 is 0 Å². The van der Waals surface area contributed by atoms with E-state index in [1.165, 1.54) is 5.56 Å². The molecule has 0 atom stereocenters. The van der Waals surface area contributed by atoms with Gasteiger partial charge in [-0.1, -0.05) is 130 Å². The first kappa shape index (κ1) is 27.3. The number of nitrogens with zero attached hydrogens (tertiary/aromatic N) is 2. The minimum Gasteiger partial charge on any atom is -0.310 e. The van der Waals surface area contributed by atoms with E-state index in [9.17, 15) is 2.74 Å². The van der Waals surface area contributed by atoms with Gasteiger partial charge in [0.15, 0.2) is 0 Å². The zero-order chi connectivity index (χ0) is 34.4. The van der Waals surface area contributed by atoms with Crippen molar-refractivity contribution in [2.75, 3.05) is 9.80 Å². The van der Waals surface area contributed by atoms with Crippen molar-refractivity contribution in [3.05, 3.63) is 181 Å². The summed E-state index contributed by atoms with van der Waals surface area (Å²) < 4.78 is 20.4. The van der Waals surface area contributed by atoms with Crippen LogP contribution in [-0.4, -0.2) is 0 Å². The van der Waals surface area contributed by atoms with Crippen LogP contribution in [0.1, 0.15) is 29.1 Å². The van der Waals surface area contributed by atoms with Crippen LogP contribution < -0.4 is 9.80 Å². The molecule has 0 aromatic heterocycles. The minimum absolute atomic E-state index is 0.124. The van der Waals surface area contributed by atoms with Gasteiger partial charge in [0.2, 0.25) is 0 Å². The van der Waals surface area contributed by atoms with Gasteiger partial charge < -0.3 is 9.80 Å². The smallest absolute Gasteiger partial charge is 0.0652 e. The molecular weight excluding hydrogens is 581 g/mol. The highest BCUT2D eigenvalue weighted by atomic mass is 15.1. The number of hydrogen-bond acceptors (Lipinski definition) is 2. The normalized spacial score (nSPS) is 12.2. The van der Waals surface area contributed by atoms with Gasteiger partial charge in [-0.05, 0) is 99.2 Å². The number of benzene rings is 8. The predicted molar refractivity (Wildman–Crippen MR) is 207 cm³/mol. The topological polar surface area (TPSA) is 6.48 Å². The largest absolute Gasteiger partial charge is 0.310 e. The summed E-state index contributed by atoms with van der Waals surface area (Å²) in [6.45, 7) is 6.68. The van der Waals surface area contributed by atoms with E-state index >= 15 is 0 Å². The van der Waals surface area contributed by atoms with Crippen molar-refractivity contribution in [1.29, 1.82) is 0 Å². The van der Waals surface area contributed by atoms with E-state index in [0.29, 0.717) is 12.1 Å². The second-order valence-corrected chi connectivity index (χ2v) is 13.3. The standard InChI is InChI=1S/C46H38N2/c1-46(2,3)33-28-29-40-41(30-33)43-32-44(47(34-18-8-4-9-19-34)35-20-10-5-11-21-35)39-27-17-16-26-38(39)42(43)31-45(40)48(36-22-12-6-13-23-36)37-24-14-7-15-25-37/h4-32H,1-3H3/i31D,32D. The maximum atomic E-state index is 10.2. The molecule has 0 bridgehead atoms. The van der Waals surface area contributed by atoms with E-state index in [-0.39, 0.29) is 5.41 Å². The molecule has 0 heterocycles. The fraction of sp³-hybridized carbons (Fsp3) is 0.0870. The average molecular weight is 621 g/mol. The first-order valence-corrected chi connectivity index (χ1v) is 16.5. The third-order valence-corrected chi connectivity index (χ3v) is 9.10. The van der Waals surface area contributed by atoms with Crippen molar-refractivity contribution in [2.45, 2.75) is 26.2 Å². The van der Waals surface area contributed by atoms with Crippen molar-refractivity contribution in [3.8, 4) is 0 Å². The maximum Gasteiger partial charge on any atom is 0.0652 e. The highest BCUT2D eigenvalue weighted by Crippen LogP contribution is 2.48. The van der Waals surface area contributed by atoms with Crippen molar-refractivity contribution < 1.29 is 2.74 Å². The fourth-order valence-electron chi connectivity index (χ4n) is 6.71. The molecule has 8 aromatic carbocycles. The summed E-state index contributed by atoms with van der Waals surface area (Å²) in [7, 11) is 0. The molecule has 48 heavy (non-hydrogen) atoms. The zero-order valence-electron chi connectivity index (χ0n) is 29.5. The molecule has 0 aliphatic carbocycles. The predicted octanol–water partition coefficient (Wildman–Crippen LogP) is 13.4. The van der Waals surface area contributed by atoms with Crippen LogP contribution in [0.2, 0.25) is 0 Å². The molecule has 0 unspecified atom stereocenters. The van der Waals surface area contributed by atoms with Crippen LogP contribution >= 0.6 is 0 Å². The van der Waals surface area contributed by atoms with Gasteiger partial charge in [-0.3, -0.25) is 0 Å². The number of rotatable bonds is 6. The van der Waals surface area contributed by atoms with Crippen molar-refractivity contribution >= 4 is 66.4 Å². The summed E-state index contributed by atoms with van der Waals surface area (Å²) in [5.74, 6) is 0. The highest BCUT2D eigenvalue weighted by molar-refractivity contribution is 6.24. The molecule has 232 valence electrons. The summed E-state index contributed by atoms with van der Waals surface area (Å²) in [6.07, 6.45) is 0. The first-order chi connectivity index (χ1) is 24.3. The Morgan fingerprint density at radius 1 is 0.375 bits per heavy atom. The molecule has 0 saturated carbocycles. The molecule has 2 heteroatoms. The third kappa shape index (κ3) is 5.26. The molecular formula is C46H38N2. The Balaban J connectivity index is 1.58. The van der Waals surface area contributed by atoms with Crippen molar-refractivity contribution in [1.82, 2.24) is 0 Å². The first-order valence-electron chi connectivity index (χ1n) is 17.5. The molecule has 0 aliphatic rings. The van der Waals surface area contributed by atoms with E-state index in [1.807, 2.05) is 84.9 Å². The van der Waals surface area contributed by atoms with Crippen LogP contribution in [0.5, 0.6) is 0 Å². The summed E-state index contributed by atoms with van der Waals surface area (Å²) in [4.78, 5) is 4.40. The van der Waals surface area contributed by atoms with Crippen molar-refractivity contribution in [3.63, 3.8) is 0 Å². The van der Waals surface area contributed by atoms with Crippen molar-refractivity contribution in [2.24, 2.45) is 0 Å². The van der Waals surface area contributed by atoms with E-state index in [1.54, 1.807) is 0 Å². The zero-order valence-corrected chi connectivity index (χ0v) is 27.5. The Morgan fingerprint density at radius 3 is 1.15 bits per heavy atom. The van der Waals surface area contributed by atoms with Crippen LogP contribution in [-0.2, 0) is 5.41 Å². The maximum absolute atomic E-state index is 10.2. The van der Waals surface area contributed by atoms with Gasteiger partial charge in [-0.2, -0.15) is 0 Å². The van der Waals surface area contributed by atoms with Crippen LogP contribution in [0.4, 0.5) is 34.1 Å². The van der Waals surface area contributed by atoms with Gasteiger partial charge in [-0.15, -0.1) is 0 Å². The second-order valence-electron chi connectivity index (χ2n) is 13.3. The molecule has 0 radical (unpaired) electrons. The highest BCUT2D eigenvalue weighted by Gasteiger charge is 2.23. The van der Waals surface area contributed by atoms with E-state index in [2.05, 4.69) is 109 Å². The van der Waals surface area contributed by atoms with E-state index in [4.69, 9.17) is 0 Å². The lowest BCUT2D eigenvalue weighted by atomic mass is 9.84. The number of anilines is 6. The van der Waals surface area contributed by atoms with Gasteiger partial charge in [0.25, 0.3) is 0 Å². The quantitative estimate of drug-likeness (QED) is 0.171. The summed E-state index contributed by atoms with van der Waals surface area (Å²) in [5, 5.41) is 5.33. The van der Waals surface area contributed by atoms with Gasteiger partial charge in [0, 0.05) is 33.5 Å². The number of fused-ring (bicyclic) bond motifs is 5. The van der Waals surface area contributed by atoms with Crippen LogP contribution in [0.15, 0.2) is 176 Å². The Bertz CT molecular complexity index is 2390. The summed E-state index contributed by atoms with van der Waals surface area (Å²) in [6, 6.07) is 56.9. The molecule has 0 amide bonds. The van der Waals surface area contributed by atoms with Crippen LogP contribution in [0, 0.1) is 0 Å². The summed E-state index contributed by atoms with van der Waals surface area (Å²) in [5.41, 5.74) is 6.53. The van der Waals surface area contributed by atoms with Gasteiger partial charge in [0.05, 0.1) is 14.1 Å². The SMILES string of the molecule is [2H]c1c(N(c2ccccc2)c2ccccc2)c2ccc(C(C)(C)C)cc2c2c([2H])c(N(c3ccccc3)c3ccccc3)c3ccccc3c12. The second kappa shape index (κ2) is 12.1. The Labute approximate surface area is 285 Å². The number of para-hydroxylation sites is 4. The number of hydrogen-bond donors (Lipinski definition) is 0. The third-order valence-electron chi connectivity index (χ3n) is 9.10. The Hall–Kier alpha value is -5.86. The lowest BCUT2D eigenvalue weighted by molar-refractivity contribution is 0.591. The molecule has 0 N–H and O–H groups in total. The van der Waals surface area contributed by atoms with Gasteiger partial charge in [-0.25, -0.2) is 0 Å². The fourth-order valence-corrected chi connectivity index (χ4v) is 6.71. The Morgan fingerprint density at radius 2 is 0.729 bits per heavy atom. The van der Waals surface area contributed by atoms with E-state index in [0.717, 1.165) is 66.4 Å². The monoisotopic (exact) mass is 620 g/mol. The van der Waals surface area contributed by atoms with Crippen LogP contribution in [0.3, 0.4) is 0 Å². The van der Waals surface area contributed by atoms with Crippen LogP contribution in [0.25, 0.3) is 32.3 Å². The lowest BCUT2D eigenvalue weighted by Gasteiger charge is -2.30. The molecule has 0 saturated heterocycles. The molecule has 8 rings (SSSR count). The lowest BCUT2D eigenvalue weighted by Crippen LogP contribution is -2.13. The van der Waals surface area contributed by atoms with Gasteiger partial charge in [0.1, 0.15) is 0 Å². The molecule has 2 nitrogen and oxygen atoms in total. The molecule has 8 aromatic rings. The van der Waals surface area contributed by atoms with Gasteiger partial charge >= 0.3 is 0 Å². The molecule has 0 aliphatic heterocycles. The Kier molecular flexibility index (Phi) is 6.85.